The molecule has 3 fully saturated rings. The van der Waals surface area contributed by atoms with Crippen molar-refractivity contribution >= 4 is 18.3 Å². The Morgan fingerprint density at radius 2 is 1.77 bits per heavy atom. The van der Waals surface area contributed by atoms with Crippen LogP contribution in [0.25, 0.3) is 0 Å². The van der Waals surface area contributed by atoms with E-state index in [-0.39, 0.29) is 29.3 Å². The third kappa shape index (κ3) is 2.38. The van der Waals surface area contributed by atoms with E-state index < -0.39 is 0 Å². The average molecular weight is 331 g/mol. The predicted molar refractivity (Wildman–Crippen MR) is 90.3 cm³/mol. The van der Waals surface area contributed by atoms with Crippen molar-refractivity contribution in [2.45, 2.75) is 58.1 Å². The van der Waals surface area contributed by atoms with Gasteiger partial charge in [-0.15, -0.1) is 12.4 Å². The lowest BCUT2D eigenvalue weighted by molar-refractivity contribution is -0.208. The van der Waals surface area contributed by atoms with Crippen molar-refractivity contribution in [3.05, 3.63) is 0 Å². The van der Waals surface area contributed by atoms with Gasteiger partial charge in [-0.25, -0.2) is 0 Å². The van der Waals surface area contributed by atoms with Gasteiger partial charge in [-0.3, -0.25) is 4.79 Å². The minimum atomic E-state index is -0.109. The number of ether oxygens (including phenoxy) is 1. The summed E-state index contributed by atoms with van der Waals surface area (Å²) in [7, 11) is 3.78. The number of rotatable bonds is 3. The molecule has 3 aliphatic rings. The molecule has 3 unspecified atom stereocenters. The minimum Gasteiger partial charge on any atom is -0.378 e. The maximum absolute atomic E-state index is 12.9. The van der Waals surface area contributed by atoms with Crippen molar-refractivity contribution in [2.75, 3.05) is 27.2 Å². The number of nitrogens with zero attached hydrogens (tertiary/aromatic N) is 1. The molecule has 1 N–H and O–H groups in total. The van der Waals surface area contributed by atoms with E-state index in [4.69, 9.17) is 4.74 Å². The van der Waals surface area contributed by atoms with Crippen molar-refractivity contribution in [1.82, 2.24) is 10.2 Å². The van der Waals surface area contributed by atoms with Gasteiger partial charge >= 0.3 is 0 Å². The summed E-state index contributed by atoms with van der Waals surface area (Å²) in [5, 5.41) is 3.40. The molecule has 1 amide bonds. The number of carbonyl (C=O) groups is 1. The van der Waals surface area contributed by atoms with Crippen molar-refractivity contribution in [3.63, 3.8) is 0 Å². The van der Waals surface area contributed by atoms with Gasteiger partial charge in [-0.2, -0.15) is 0 Å². The van der Waals surface area contributed by atoms with Crippen LogP contribution >= 0.6 is 12.4 Å². The van der Waals surface area contributed by atoms with E-state index in [0.717, 1.165) is 25.9 Å². The van der Waals surface area contributed by atoms with E-state index in [1.54, 1.807) is 7.11 Å². The first kappa shape index (κ1) is 18.0. The highest BCUT2D eigenvalue weighted by Crippen LogP contribution is 2.60. The topological polar surface area (TPSA) is 41.6 Å². The summed E-state index contributed by atoms with van der Waals surface area (Å²) < 4.78 is 5.69. The van der Waals surface area contributed by atoms with Crippen molar-refractivity contribution in [3.8, 4) is 0 Å². The third-order valence-electron chi connectivity index (χ3n) is 7.13. The van der Waals surface area contributed by atoms with Crippen LogP contribution < -0.4 is 5.32 Å². The van der Waals surface area contributed by atoms with Gasteiger partial charge in [-0.1, -0.05) is 13.8 Å². The number of piperidine rings is 1. The zero-order chi connectivity index (χ0) is 15.5. The molecule has 22 heavy (non-hydrogen) atoms. The van der Waals surface area contributed by atoms with Gasteiger partial charge in [0.25, 0.3) is 0 Å². The Morgan fingerprint density at radius 3 is 2.27 bits per heavy atom. The molecule has 4 nitrogen and oxygen atoms in total. The van der Waals surface area contributed by atoms with Crippen molar-refractivity contribution < 1.29 is 9.53 Å². The summed E-state index contributed by atoms with van der Waals surface area (Å²) in [5.41, 5.74) is 0.236. The zero-order valence-corrected chi connectivity index (χ0v) is 15.4. The normalized spacial score (nSPS) is 37.9. The van der Waals surface area contributed by atoms with Gasteiger partial charge in [0.05, 0.1) is 5.60 Å². The van der Waals surface area contributed by atoms with E-state index in [0.29, 0.717) is 17.4 Å². The van der Waals surface area contributed by atoms with Gasteiger partial charge in [0.2, 0.25) is 5.91 Å². The van der Waals surface area contributed by atoms with Gasteiger partial charge in [-0.05, 0) is 51.1 Å². The Labute approximate surface area is 140 Å². The van der Waals surface area contributed by atoms with Crippen LogP contribution in [0.2, 0.25) is 0 Å². The van der Waals surface area contributed by atoms with Crippen LogP contribution in [-0.2, 0) is 9.53 Å². The molecule has 0 radical (unpaired) electrons. The van der Waals surface area contributed by atoms with Crippen LogP contribution in [0.4, 0.5) is 0 Å². The molecule has 0 bridgehead atoms. The van der Waals surface area contributed by atoms with Crippen molar-refractivity contribution in [2.24, 2.45) is 16.7 Å². The lowest BCUT2D eigenvalue weighted by Gasteiger charge is -2.61. The zero-order valence-electron chi connectivity index (χ0n) is 14.6. The molecule has 1 aliphatic heterocycles. The number of halogens is 1. The molecular formula is C17H31ClN2O2. The summed E-state index contributed by atoms with van der Waals surface area (Å²) in [4.78, 5) is 14.9. The van der Waals surface area contributed by atoms with E-state index in [1.165, 1.54) is 12.8 Å². The Hall–Kier alpha value is -0.320. The molecule has 0 aromatic rings. The number of amides is 1. The molecule has 3 rings (SSSR count). The first-order chi connectivity index (χ1) is 9.77. The molecule has 3 atom stereocenters. The fourth-order valence-electron chi connectivity index (χ4n) is 4.65. The highest BCUT2D eigenvalue weighted by Gasteiger charge is 2.63. The molecule has 1 spiro atoms. The largest absolute Gasteiger partial charge is 0.378 e. The number of nitrogens with one attached hydrogen (secondary N) is 1. The second-order valence-corrected chi connectivity index (χ2v) is 8.19. The Kier molecular flexibility index (Phi) is 4.62. The number of hydrogen-bond donors (Lipinski definition) is 1. The van der Waals surface area contributed by atoms with Crippen LogP contribution in [-0.4, -0.2) is 49.7 Å². The molecular weight excluding hydrogens is 300 g/mol. The second-order valence-electron chi connectivity index (χ2n) is 8.19. The number of hydrogen-bond acceptors (Lipinski definition) is 3. The molecule has 1 heterocycles. The summed E-state index contributed by atoms with van der Waals surface area (Å²) in [6, 6.07) is 0.300. The van der Waals surface area contributed by atoms with Gasteiger partial charge in [0.1, 0.15) is 0 Å². The minimum absolute atomic E-state index is 0. The summed E-state index contributed by atoms with van der Waals surface area (Å²) in [6.07, 6.45) is 4.38. The van der Waals surface area contributed by atoms with Gasteiger partial charge in [0.15, 0.2) is 0 Å². The smallest absolute Gasteiger partial charge is 0.226 e. The monoisotopic (exact) mass is 330 g/mol. The molecule has 2 saturated carbocycles. The average Bonchev–Trinajstić information content (AvgIpc) is 3.16. The SMILES string of the molecule is COC1(C)CC(N(C)C(=O)C2CC23CCNCC3)C1(C)C.Cl. The maximum atomic E-state index is 12.9. The standard InChI is InChI=1S/C17H30N2O2.ClH/c1-15(2)13(11-16(15,3)21-5)19(4)14(20)12-10-17(12)6-8-18-9-7-17;/h12-13,18H,6-11H2,1-5H3;1H. The predicted octanol–water partition coefficient (Wildman–Crippen LogP) is 2.46. The maximum Gasteiger partial charge on any atom is 0.226 e. The van der Waals surface area contributed by atoms with E-state index in [1.807, 2.05) is 11.9 Å². The number of methoxy groups -OCH3 is 1. The molecule has 0 aromatic heterocycles. The Morgan fingerprint density at radius 1 is 1.18 bits per heavy atom. The first-order valence-corrected chi connectivity index (χ1v) is 8.30. The van der Waals surface area contributed by atoms with E-state index >= 15 is 0 Å². The quantitative estimate of drug-likeness (QED) is 0.864. The highest BCUT2D eigenvalue weighted by atomic mass is 35.5. The van der Waals surface area contributed by atoms with Gasteiger partial charge in [0, 0.05) is 31.5 Å². The van der Waals surface area contributed by atoms with E-state index in [9.17, 15) is 4.79 Å². The summed E-state index contributed by atoms with van der Waals surface area (Å²) in [5.74, 6) is 0.642. The number of carbonyl (C=O) groups excluding carboxylic acids is 1. The Balaban J connectivity index is 0.00000176. The molecule has 1 saturated heterocycles. The molecule has 2 aliphatic carbocycles. The lowest BCUT2D eigenvalue weighted by atomic mass is 9.55. The van der Waals surface area contributed by atoms with E-state index in [2.05, 4.69) is 26.1 Å². The fraction of sp³-hybridized carbons (Fsp3) is 0.941. The molecule has 5 heteroatoms. The van der Waals surface area contributed by atoms with Crippen LogP contribution in [0.15, 0.2) is 0 Å². The van der Waals surface area contributed by atoms with Crippen LogP contribution in [0.3, 0.4) is 0 Å². The highest BCUT2D eigenvalue weighted by molar-refractivity contribution is 5.85. The summed E-state index contributed by atoms with van der Waals surface area (Å²) >= 11 is 0. The van der Waals surface area contributed by atoms with Crippen LogP contribution in [0, 0.1) is 16.7 Å². The first-order valence-electron chi connectivity index (χ1n) is 8.30. The lowest BCUT2D eigenvalue weighted by Crippen LogP contribution is -2.68. The third-order valence-corrected chi connectivity index (χ3v) is 7.13. The fourth-order valence-corrected chi connectivity index (χ4v) is 4.65. The van der Waals surface area contributed by atoms with Gasteiger partial charge < -0.3 is 15.0 Å². The Bertz CT molecular complexity index is 448. The molecule has 128 valence electrons. The molecule has 0 aromatic carbocycles. The summed E-state index contributed by atoms with van der Waals surface area (Å²) in [6.45, 7) is 8.75. The van der Waals surface area contributed by atoms with Crippen molar-refractivity contribution in [1.29, 1.82) is 0 Å². The van der Waals surface area contributed by atoms with Crippen LogP contribution in [0.1, 0.15) is 46.5 Å². The second kappa shape index (κ2) is 5.64. The van der Waals surface area contributed by atoms with Crippen LogP contribution in [0.5, 0.6) is 0 Å².